The molecule has 3 heteroatoms. The number of hydrogen-bond acceptors (Lipinski definition) is 2. The van der Waals surface area contributed by atoms with E-state index < -0.39 is 0 Å². The molecule has 0 aromatic carbocycles. The molecule has 0 aromatic heterocycles. The first kappa shape index (κ1) is 14.5. The molecule has 0 radical (unpaired) electrons. The molecule has 1 aliphatic carbocycles. The van der Waals surface area contributed by atoms with Gasteiger partial charge in [0.2, 0.25) is 5.91 Å². The molecule has 3 nitrogen and oxygen atoms in total. The molecular weight excluding hydrogens is 212 g/mol. The van der Waals surface area contributed by atoms with E-state index in [4.69, 9.17) is 0 Å². The minimum Gasteiger partial charge on any atom is -0.355 e. The zero-order chi connectivity index (χ0) is 12.5. The van der Waals surface area contributed by atoms with E-state index in [2.05, 4.69) is 10.2 Å². The highest BCUT2D eigenvalue weighted by atomic mass is 16.1. The molecule has 1 rings (SSSR count). The van der Waals surface area contributed by atoms with Crippen LogP contribution in [0.1, 0.15) is 51.4 Å². The predicted octanol–water partition coefficient (Wildman–Crippen LogP) is 2.41. The number of hydrogen-bond donors (Lipinski definition) is 1. The van der Waals surface area contributed by atoms with Crippen molar-refractivity contribution in [3.05, 3.63) is 0 Å². The van der Waals surface area contributed by atoms with Crippen molar-refractivity contribution in [2.75, 3.05) is 27.2 Å². The predicted molar refractivity (Wildman–Crippen MR) is 72.0 cm³/mol. The zero-order valence-corrected chi connectivity index (χ0v) is 11.5. The molecule has 1 saturated carbocycles. The molecular formula is C14H28N2O. The Morgan fingerprint density at radius 3 is 2.59 bits per heavy atom. The van der Waals surface area contributed by atoms with Crippen molar-refractivity contribution < 1.29 is 4.79 Å². The summed E-state index contributed by atoms with van der Waals surface area (Å²) >= 11 is 0. The van der Waals surface area contributed by atoms with E-state index in [1.165, 1.54) is 38.5 Å². The van der Waals surface area contributed by atoms with E-state index in [0.29, 0.717) is 6.42 Å². The van der Waals surface area contributed by atoms with Gasteiger partial charge >= 0.3 is 0 Å². The van der Waals surface area contributed by atoms with Crippen LogP contribution in [0.15, 0.2) is 0 Å². The van der Waals surface area contributed by atoms with E-state index in [1.54, 1.807) is 0 Å². The van der Waals surface area contributed by atoms with Gasteiger partial charge in [0.05, 0.1) is 0 Å². The highest BCUT2D eigenvalue weighted by Crippen LogP contribution is 2.27. The molecule has 0 aliphatic heterocycles. The minimum absolute atomic E-state index is 0.225. The first-order valence-electron chi connectivity index (χ1n) is 7.10. The van der Waals surface area contributed by atoms with Crippen LogP contribution in [0.5, 0.6) is 0 Å². The van der Waals surface area contributed by atoms with Crippen molar-refractivity contribution in [1.82, 2.24) is 10.2 Å². The van der Waals surface area contributed by atoms with Crippen molar-refractivity contribution in [3.8, 4) is 0 Å². The van der Waals surface area contributed by atoms with Gasteiger partial charge in [-0.25, -0.2) is 0 Å². The summed E-state index contributed by atoms with van der Waals surface area (Å²) in [6, 6.07) is 0. The van der Waals surface area contributed by atoms with Crippen molar-refractivity contribution >= 4 is 5.91 Å². The number of carbonyl (C=O) groups is 1. The van der Waals surface area contributed by atoms with Gasteiger partial charge in [0.15, 0.2) is 0 Å². The average molecular weight is 240 g/mol. The molecule has 1 aliphatic rings. The number of nitrogens with zero attached hydrogens (tertiary/aromatic N) is 1. The summed E-state index contributed by atoms with van der Waals surface area (Å²) in [7, 11) is 4.05. The number of carbonyl (C=O) groups excluding carboxylic acids is 1. The summed E-state index contributed by atoms with van der Waals surface area (Å²) in [6.45, 7) is 1.70. The zero-order valence-electron chi connectivity index (χ0n) is 11.5. The fraction of sp³-hybridized carbons (Fsp3) is 0.929. The van der Waals surface area contributed by atoms with Gasteiger partial charge in [-0.3, -0.25) is 4.79 Å². The summed E-state index contributed by atoms with van der Waals surface area (Å²) in [6.07, 6.45) is 10.0. The first-order chi connectivity index (χ1) is 8.18. The Balaban J connectivity index is 1.95. The lowest BCUT2D eigenvalue weighted by molar-refractivity contribution is -0.121. The van der Waals surface area contributed by atoms with E-state index in [-0.39, 0.29) is 5.91 Å². The second kappa shape index (κ2) is 8.51. The summed E-state index contributed by atoms with van der Waals surface area (Å²) in [5.41, 5.74) is 0. The van der Waals surface area contributed by atoms with Gasteiger partial charge in [-0.15, -0.1) is 0 Å². The van der Waals surface area contributed by atoms with E-state index >= 15 is 0 Å². The number of rotatable bonds is 7. The normalized spacial score (nSPS) is 17.4. The van der Waals surface area contributed by atoms with Gasteiger partial charge < -0.3 is 10.2 Å². The monoisotopic (exact) mass is 240 g/mol. The van der Waals surface area contributed by atoms with Crippen molar-refractivity contribution in [3.63, 3.8) is 0 Å². The second-order valence-electron chi connectivity index (χ2n) is 5.55. The third-order valence-corrected chi connectivity index (χ3v) is 3.62. The molecule has 0 saturated heterocycles. The minimum atomic E-state index is 0.225. The van der Waals surface area contributed by atoms with Crippen LogP contribution in [-0.2, 0) is 4.79 Å². The van der Waals surface area contributed by atoms with Crippen molar-refractivity contribution in [2.45, 2.75) is 51.4 Å². The maximum Gasteiger partial charge on any atom is 0.220 e. The Bertz CT molecular complexity index is 210. The molecule has 1 fully saturated rings. The van der Waals surface area contributed by atoms with Crippen LogP contribution in [0, 0.1) is 5.92 Å². The number of nitrogens with one attached hydrogen (secondary N) is 1. The summed E-state index contributed by atoms with van der Waals surface area (Å²) in [5, 5.41) is 2.97. The number of amides is 1. The fourth-order valence-corrected chi connectivity index (χ4v) is 2.53. The Labute approximate surface area is 106 Å². The quantitative estimate of drug-likeness (QED) is 0.741. The fourth-order valence-electron chi connectivity index (χ4n) is 2.53. The molecule has 17 heavy (non-hydrogen) atoms. The van der Waals surface area contributed by atoms with Crippen LogP contribution in [0.3, 0.4) is 0 Å². The van der Waals surface area contributed by atoms with Crippen molar-refractivity contribution in [1.29, 1.82) is 0 Å². The second-order valence-corrected chi connectivity index (χ2v) is 5.55. The van der Waals surface area contributed by atoms with Crippen LogP contribution in [-0.4, -0.2) is 38.0 Å². The standard InChI is InChI=1S/C14H28N2O/c1-16(2)12-11-15-14(17)10-6-9-13-7-4-3-5-8-13/h13H,3-12H2,1-2H3,(H,15,17). The lowest BCUT2D eigenvalue weighted by atomic mass is 9.86. The Morgan fingerprint density at radius 2 is 1.94 bits per heavy atom. The Morgan fingerprint density at radius 1 is 1.24 bits per heavy atom. The number of likely N-dealkylation sites (N-methyl/N-ethyl adjacent to an activating group) is 1. The summed E-state index contributed by atoms with van der Waals surface area (Å²) in [5.74, 6) is 1.13. The van der Waals surface area contributed by atoms with E-state index in [9.17, 15) is 4.79 Å². The van der Waals surface area contributed by atoms with Gasteiger partial charge in [0.1, 0.15) is 0 Å². The van der Waals surface area contributed by atoms with E-state index in [0.717, 1.165) is 25.4 Å². The van der Waals surface area contributed by atoms with Crippen LogP contribution >= 0.6 is 0 Å². The lowest BCUT2D eigenvalue weighted by Gasteiger charge is -2.21. The van der Waals surface area contributed by atoms with Crippen LogP contribution in [0.2, 0.25) is 0 Å². The molecule has 0 heterocycles. The smallest absolute Gasteiger partial charge is 0.220 e. The van der Waals surface area contributed by atoms with Gasteiger partial charge in [0, 0.05) is 19.5 Å². The molecule has 0 spiro atoms. The maximum atomic E-state index is 11.5. The molecule has 100 valence electrons. The summed E-state index contributed by atoms with van der Waals surface area (Å²) in [4.78, 5) is 13.6. The van der Waals surface area contributed by atoms with Gasteiger partial charge in [0.25, 0.3) is 0 Å². The lowest BCUT2D eigenvalue weighted by Crippen LogP contribution is -2.31. The summed E-state index contributed by atoms with van der Waals surface area (Å²) < 4.78 is 0. The highest BCUT2D eigenvalue weighted by Gasteiger charge is 2.13. The Hall–Kier alpha value is -0.570. The van der Waals surface area contributed by atoms with Crippen molar-refractivity contribution in [2.24, 2.45) is 5.92 Å². The third kappa shape index (κ3) is 7.37. The molecule has 0 atom stereocenters. The SMILES string of the molecule is CN(C)CCNC(=O)CCCC1CCCCC1. The highest BCUT2D eigenvalue weighted by molar-refractivity contribution is 5.75. The molecule has 1 N–H and O–H groups in total. The maximum absolute atomic E-state index is 11.5. The molecule has 1 amide bonds. The van der Waals surface area contributed by atoms with Crippen LogP contribution in [0.25, 0.3) is 0 Å². The molecule has 0 unspecified atom stereocenters. The third-order valence-electron chi connectivity index (χ3n) is 3.62. The van der Waals surface area contributed by atoms with Gasteiger partial charge in [-0.2, -0.15) is 0 Å². The molecule has 0 aromatic rings. The topological polar surface area (TPSA) is 32.3 Å². The average Bonchev–Trinajstić information content (AvgIpc) is 2.30. The van der Waals surface area contributed by atoms with Crippen LogP contribution < -0.4 is 5.32 Å². The van der Waals surface area contributed by atoms with Crippen LogP contribution in [0.4, 0.5) is 0 Å². The molecule has 0 bridgehead atoms. The van der Waals surface area contributed by atoms with E-state index in [1.807, 2.05) is 14.1 Å². The largest absolute Gasteiger partial charge is 0.355 e. The Kier molecular flexibility index (Phi) is 7.25. The van der Waals surface area contributed by atoms with Gasteiger partial charge in [-0.1, -0.05) is 32.1 Å². The van der Waals surface area contributed by atoms with Gasteiger partial charge in [-0.05, 0) is 32.9 Å². The first-order valence-corrected chi connectivity index (χ1v) is 7.10.